The van der Waals surface area contributed by atoms with Crippen molar-refractivity contribution in [3.8, 4) is 5.75 Å². The topological polar surface area (TPSA) is 84.4 Å². The van der Waals surface area contributed by atoms with Crippen LogP contribution in [0.15, 0.2) is 59.8 Å². The Kier molecular flexibility index (Phi) is 9.05. The van der Waals surface area contributed by atoms with E-state index in [2.05, 4.69) is 15.3 Å². The molecule has 1 aromatic heterocycles. The number of thioether (sulfide) groups is 1. The number of carbonyl (C=O) groups excluding carboxylic acids is 2. The molecular formula is C30H36N4O3S. The van der Waals surface area contributed by atoms with Crippen LogP contribution in [0.1, 0.15) is 54.6 Å². The number of amides is 2. The minimum atomic E-state index is -0.943. The number of aromatic nitrogens is 2. The molecule has 2 amide bonds. The van der Waals surface area contributed by atoms with Gasteiger partial charge < -0.3 is 15.0 Å². The number of hydrogen-bond acceptors (Lipinski definition) is 6. The summed E-state index contributed by atoms with van der Waals surface area (Å²) in [5.74, 6) is 0.647. The smallest absolute Gasteiger partial charge is 0.250 e. The number of nitrogens with one attached hydrogen (secondary N) is 1. The SMILES string of the molecule is COc1ccc(NC(=O)C2(N(Cc3ccccc3C)C(=O)CSc3nc(C)cc(C)n3)CCCCC2)cc1. The van der Waals surface area contributed by atoms with Gasteiger partial charge in [0, 0.05) is 23.6 Å². The van der Waals surface area contributed by atoms with E-state index < -0.39 is 5.54 Å². The average molecular weight is 533 g/mol. The molecule has 3 aromatic rings. The lowest BCUT2D eigenvalue weighted by molar-refractivity contribution is -0.146. The number of anilines is 1. The second kappa shape index (κ2) is 12.4. The minimum Gasteiger partial charge on any atom is -0.497 e. The zero-order valence-electron chi connectivity index (χ0n) is 22.6. The van der Waals surface area contributed by atoms with Gasteiger partial charge in [-0.05, 0) is 75.1 Å². The van der Waals surface area contributed by atoms with Gasteiger partial charge in [0.05, 0.1) is 12.9 Å². The van der Waals surface area contributed by atoms with Crippen LogP contribution in [0, 0.1) is 20.8 Å². The van der Waals surface area contributed by atoms with E-state index in [4.69, 9.17) is 4.74 Å². The van der Waals surface area contributed by atoms with E-state index in [-0.39, 0.29) is 17.6 Å². The number of nitrogens with zero attached hydrogens (tertiary/aromatic N) is 3. The zero-order valence-corrected chi connectivity index (χ0v) is 23.4. The summed E-state index contributed by atoms with van der Waals surface area (Å²) < 4.78 is 5.26. The molecule has 1 heterocycles. The normalized spacial score (nSPS) is 14.5. The number of methoxy groups -OCH3 is 1. The van der Waals surface area contributed by atoms with Crippen molar-refractivity contribution in [1.82, 2.24) is 14.9 Å². The van der Waals surface area contributed by atoms with Crippen molar-refractivity contribution < 1.29 is 14.3 Å². The predicted molar refractivity (Wildman–Crippen MR) is 151 cm³/mol. The molecule has 0 radical (unpaired) electrons. The van der Waals surface area contributed by atoms with E-state index in [1.807, 2.05) is 80.3 Å². The van der Waals surface area contributed by atoms with Crippen LogP contribution in [0.3, 0.4) is 0 Å². The molecule has 4 rings (SSSR count). The lowest BCUT2D eigenvalue weighted by Crippen LogP contribution is -2.60. The Hall–Kier alpha value is -3.39. The van der Waals surface area contributed by atoms with Gasteiger partial charge in [0.25, 0.3) is 0 Å². The Bertz CT molecular complexity index is 1250. The first-order valence-electron chi connectivity index (χ1n) is 13.1. The van der Waals surface area contributed by atoms with Crippen LogP contribution < -0.4 is 10.1 Å². The van der Waals surface area contributed by atoms with Gasteiger partial charge in [-0.3, -0.25) is 9.59 Å². The molecule has 38 heavy (non-hydrogen) atoms. The van der Waals surface area contributed by atoms with Crippen molar-refractivity contribution in [2.75, 3.05) is 18.2 Å². The van der Waals surface area contributed by atoms with Gasteiger partial charge in [-0.1, -0.05) is 55.3 Å². The standard InChI is InChI=1S/C30H36N4O3S/c1-21-10-6-7-11-24(21)19-34(27(35)20-38-29-31-22(2)18-23(3)32-29)30(16-8-5-9-17-30)28(36)33-25-12-14-26(37-4)15-13-25/h6-7,10-15,18H,5,8-9,16-17,19-20H2,1-4H3,(H,33,36). The molecule has 1 aliphatic rings. The van der Waals surface area contributed by atoms with Gasteiger partial charge >= 0.3 is 0 Å². The summed E-state index contributed by atoms with van der Waals surface area (Å²) in [6.07, 6.45) is 4.08. The van der Waals surface area contributed by atoms with E-state index in [0.29, 0.717) is 30.2 Å². The highest BCUT2D eigenvalue weighted by Gasteiger charge is 2.47. The monoisotopic (exact) mass is 532 g/mol. The molecule has 1 fully saturated rings. The van der Waals surface area contributed by atoms with Gasteiger partial charge in [-0.15, -0.1) is 0 Å². The van der Waals surface area contributed by atoms with Crippen LogP contribution in [0.5, 0.6) is 5.75 Å². The highest BCUT2D eigenvalue weighted by Crippen LogP contribution is 2.37. The molecule has 2 aromatic carbocycles. The van der Waals surface area contributed by atoms with Crippen LogP contribution in [-0.4, -0.2) is 45.1 Å². The van der Waals surface area contributed by atoms with Gasteiger partial charge in [0.2, 0.25) is 11.8 Å². The van der Waals surface area contributed by atoms with Gasteiger partial charge in [0.1, 0.15) is 11.3 Å². The zero-order chi connectivity index (χ0) is 27.1. The number of rotatable bonds is 9. The van der Waals surface area contributed by atoms with Crippen molar-refractivity contribution in [3.05, 3.63) is 77.1 Å². The predicted octanol–water partition coefficient (Wildman–Crippen LogP) is 5.87. The Morgan fingerprint density at radius 2 is 1.63 bits per heavy atom. The molecular weight excluding hydrogens is 496 g/mol. The molecule has 0 atom stereocenters. The van der Waals surface area contributed by atoms with Gasteiger partial charge in [-0.2, -0.15) is 0 Å². The van der Waals surface area contributed by atoms with E-state index in [1.165, 1.54) is 11.8 Å². The third-order valence-corrected chi connectivity index (χ3v) is 7.98. The third kappa shape index (κ3) is 6.54. The van der Waals surface area contributed by atoms with Gasteiger partial charge in [-0.25, -0.2) is 9.97 Å². The first-order valence-corrected chi connectivity index (χ1v) is 14.0. The Morgan fingerprint density at radius 1 is 0.974 bits per heavy atom. The largest absolute Gasteiger partial charge is 0.497 e. The lowest BCUT2D eigenvalue weighted by atomic mass is 9.78. The number of ether oxygens (including phenoxy) is 1. The molecule has 8 heteroatoms. The van der Waals surface area contributed by atoms with Crippen molar-refractivity contribution in [1.29, 1.82) is 0 Å². The van der Waals surface area contributed by atoms with Crippen LogP contribution in [0.2, 0.25) is 0 Å². The summed E-state index contributed by atoms with van der Waals surface area (Å²) in [5, 5.41) is 3.68. The van der Waals surface area contributed by atoms with Crippen LogP contribution in [-0.2, 0) is 16.1 Å². The fourth-order valence-corrected chi connectivity index (χ4v) is 5.90. The third-order valence-electron chi connectivity index (χ3n) is 7.15. The molecule has 0 aliphatic heterocycles. The highest BCUT2D eigenvalue weighted by atomic mass is 32.2. The quantitative estimate of drug-likeness (QED) is 0.274. The Balaban J connectivity index is 1.66. The van der Waals surface area contributed by atoms with E-state index in [1.54, 1.807) is 7.11 Å². The van der Waals surface area contributed by atoms with Crippen molar-refractivity contribution in [3.63, 3.8) is 0 Å². The molecule has 1 saturated carbocycles. The second-order valence-electron chi connectivity index (χ2n) is 9.90. The van der Waals surface area contributed by atoms with E-state index in [9.17, 15) is 9.59 Å². The molecule has 0 saturated heterocycles. The molecule has 7 nitrogen and oxygen atoms in total. The molecule has 1 N–H and O–H groups in total. The summed E-state index contributed by atoms with van der Waals surface area (Å²) in [7, 11) is 1.61. The minimum absolute atomic E-state index is 0.0900. The molecule has 0 unspecified atom stereocenters. The highest BCUT2D eigenvalue weighted by molar-refractivity contribution is 7.99. The summed E-state index contributed by atoms with van der Waals surface area (Å²) in [5.41, 5.74) is 3.61. The first kappa shape index (κ1) is 27.6. The number of benzene rings is 2. The van der Waals surface area contributed by atoms with Crippen molar-refractivity contribution in [2.45, 2.75) is 70.1 Å². The van der Waals surface area contributed by atoms with Crippen LogP contribution in [0.25, 0.3) is 0 Å². The van der Waals surface area contributed by atoms with Gasteiger partial charge in [0.15, 0.2) is 5.16 Å². The maximum absolute atomic E-state index is 14.1. The van der Waals surface area contributed by atoms with E-state index in [0.717, 1.165) is 47.5 Å². The van der Waals surface area contributed by atoms with E-state index >= 15 is 0 Å². The lowest BCUT2D eigenvalue weighted by Gasteiger charge is -2.45. The van der Waals surface area contributed by atoms with Crippen molar-refractivity contribution in [2.24, 2.45) is 0 Å². The van der Waals surface area contributed by atoms with Crippen LogP contribution in [0.4, 0.5) is 5.69 Å². The summed E-state index contributed by atoms with van der Waals surface area (Å²) in [6, 6.07) is 17.3. The molecule has 0 bridgehead atoms. The number of hydrogen-bond donors (Lipinski definition) is 1. The summed E-state index contributed by atoms with van der Waals surface area (Å²) in [4.78, 5) is 38.9. The Morgan fingerprint density at radius 3 is 2.26 bits per heavy atom. The average Bonchev–Trinajstić information content (AvgIpc) is 2.91. The fourth-order valence-electron chi connectivity index (χ4n) is 5.08. The number of aryl methyl sites for hydroxylation is 3. The maximum atomic E-state index is 14.1. The summed E-state index contributed by atoms with van der Waals surface area (Å²) >= 11 is 1.32. The molecule has 0 spiro atoms. The van der Waals surface area contributed by atoms with Crippen LogP contribution >= 0.6 is 11.8 Å². The Labute approximate surface area is 229 Å². The maximum Gasteiger partial charge on any atom is 0.250 e. The molecule has 1 aliphatic carbocycles. The fraction of sp³-hybridized carbons (Fsp3) is 0.400. The number of carbonyl (C=O) groups is 2. The van der Waals surface area contributed by atoms with Crippen molar-refractivity contribution >= 4 is 29.3 Å². The summed E-state index contributed by atoms with van der Waals surface area (Å²) in [6.45, 7) is 6.26. The second-order valence-corrected chi connectivity index (χ2v) is 10.8. The molecule has 200 valence electrons. The first-order chi connectivity index (χ1) is 18.3.